The molecule has 0 aliphatic rings. The Hall–Kier alpha value is -3.78. The van der Waals surface area contributed by atoms with Crippen LogP contribution < -0.4 is 15.5 Å². The van der Waals surface area contributed by atoms with Gasteiger partial charge in [-0.25, -0.2) is 10.2 Å². The van der Waals surface area contributed by atoms with Gasteiger partial charge < -0.3 is 10.1 Å². The van der Waals surface area contributed by atoms with Gasteiger partial charge in [-0.05, 0) is 61.5 Å². The zero-order chi connectivity index (χ0) is 23.8. The molecule has 0 atom stereocenters. The number of amides is 2. The van der Waals surface area contributed by atoms with Gasteiger partial charge in [0.15, 0.2) is 0 Å². The van der Waals surface area contributed by atoms with Gasteiger partial charge in [0.2, 0.25) is 5.91 Å². The fraction of sp³-hybridized carbons (Fsp3) is 0.120. The van der Waals surface area contributed by atoms with E-state index in [9.17, 15) is 14.4 Å². The molecular formula is C25H22BrN3O4. The molecule has 0 saturated heterocycles. The predicted octanol–water partition coefficient (Wildman–Crippen LogP) is 5.09. The molecule has 2 N–H and O–H groups in total. The number of hydrogen-bond donors (Lipinski definition) is 2. The molecule has 0 saturated carbocycles. The number of anilines is 1. The normalized spacial score (nSPS) is 10.6. The van der Waals surface area contributed by atoms with Crippen molar-refractivity contribution >= 4 is 45.6 Å². The van der Waals surface area contributed by atoms with Crippen LogP contribution in [0.4, 0.5) is 5.69 Å². The Morgan fingerprint density at radius 1 is 0.970 bits per heavy atom. The van der Waals surface area contributed by atoms with Crippen LogP contribution in [0.15, 0.2) is 76.3 Å². The van der Waals surface area contributed by atoms with Gasteiger partial charge in [0.05, 0.1) is 11.8 Å². The van der Waals surface area contributed by atoms with E-state index in [0.717, 1.165) is 10.0 Å². The molecule has 7 nitrogen and oxygen atoms in total. The van der Waals surface area contributed by atoms with E-state index in [0.29, 0.717) is 34.5 Å². The summed E-state index contributed by atoms with van der Waals surface area (Å²) in [7, 11) is 0. The van der Waals surface area contributed by atoms with Gasteiger partial charge in [0.1, 0.15) is 5.75 Å². The van der Waals surface area contributed by atoms with Crippen LogP contribution in [0.25, 0.3) is 0 Å². The van der Waals surface area contributed by atoms with Crippen LogP contribution >= 0.6 is 15.9 Å². The lowest BCUT2D eigenvalue weighted by Crippen LogP contribution is -2.18. The van der Waals surface area contributed by atoms with Crippen molar-refractivity contribution in [3.63, 3.8) is 0 Å². The molecule has 3 aromatic rings. The van der Waals surface area contributed by atoms with Gasteiger partial charge in [0, 0.05) is 27.7 Å². The van der Waals surface area contributed by atoms with E-state index in [1.54, 1.807) is 61.5 Å². The summed E-state index contributed by atoms with van der Waals surface area (Å²) >= 11 is 3.38. The molecule has 0 aliphatic carbocycles. The van der Waals surface area contributed by atoms with Crippen LogP contribution in [-0.4, -0.2) is 24.0 Å². The Balaban J connectivity index is 1.67. The zero-order valence-electron chi connectivity index (χ0n) is 18.1. The Bertz CT molecular complexity index is 1190. The van der Waals surface area contributed by atoms with Gasteiger partial charge in [-0.2, -0.15) is 5.10 Å². The van der Waals surface area contributed by atoms with Gasteiger partial charge in [-0.15, -0.1) is 0 Å². The maximum Gasteiger partial charge on any atom is 0.343 e. The third-order valence-corrected chi connectivity index (χ3v) is 5.08. The summed E-state index contributed by atoms with van der Waals surface area (Å²) in [6, 6.07) is 18.6. The van der Waals surface area contributed by atoms with E-state index in [2.05, 4.69) is 31.8 Å². The highest BCUT2D eigenvalue weighted by molar-refractivity contribution is 9.10. The topological polar surface area (TPSA) is 96.9 Å². The monoisotopic (exact) mass is 507 g/mol. The van der Waals surface area contributed by atoms with Gasteiger partial charge >= 0.3 is 5.97 Å². The number of carbonyl (C=O) groups excluding carboxylic acids is 3. The fourth-order valence-corrected chi connectivity index (χ4v) is 3.12. The first-order valence-corrected chi connectivity index (χ1v) is 11.0. The van der Waals surface area contributed by atoms with Gasteiger partial charge in [0.25, 0.3) is 5.91 Å². The molecule has 0 aliphatic heterocycles. The van der Waals surface area contributed by atoms with Crippen molar-refractivity contribution in [2.24, 2.45) is 5.10 Å². The first-order chi connectivity index (χ1) is 15.9. The smallest absolute Gasteiger partial charge is 0.343 e. The number of carbonyl (C=O) groups is 3. The molecule has 0 radical (unpaired) electrons. The number of ether oxygens (including phenoxy) is 1. The number of hydrazone groups is 1. The van der Waals surface area contributed by atoms with Crippen LogP contribution in [0.5, 0.6) is 5.75 Å². The number of esters is 1. The lowest BCUT2D eigenvalue weighted by Gasteiger charge is -2.08. The standard InChI is InChI=1S/C25H22BrN3O4/c1-3-23(30)28-21-11-8-17(9-12-21)24(31)29-27-15-19-14-20(26)10-13-22(19)33-25(32)18-6-4-16(2)5-7-18/h4-15H,3H2,1-2H3,(H,28,30)(H,29,31)/b27-15-. The van der Waals surface area contributed by atoms with E-state index in [1.165, 1.54) is 6.21 Å². The van der Waals surface area contributed by atoms with Crippen molar-refractivity contribution < 1.29 is 19.1 Å². The molecule has 168 valence electrons. The number of hydrogen-bond acceptors (Lipinski definition) is 5. The Labute approximate surface area is 200 Å². The molecule has 0 heterocycles. The largest absolute Gasteiger partial charge is 0.422 e. The number of rotatable bonds is 7. The second-order valence-electron chi connectivity index (χ2n) is 7.12. The minimum atomic E-state index is -0.494. The van der Waals surface area contributed by atoms with E-state index in [1.807, 2.05) is 19.1 Å². The third kappa shape index (κ3) is 6.85. The highest BCUT2D eigenvalue weighted by atomic mass is 79.9. The minimum absolute atomic E-state index is 0.107. The first-order valence-electron chi connectivity index (χ1n) is 10.2. The molecule has 0 bridgehead atoms. The minimum Gasteiger partial charge on any atom is -0.422 e. The van der Waals surface area contributed by atoms with Crippen molar-refractivity contribution in [1.82, 2.24) is 5.43 Å². The van der Waals surface area contributed by atoms with Crippen LogP contribution in [0.1, 0.15) is 45.2 Å². The number of nitrogens with zero attached hydrogens (tertiary/aromatic N) is 1. The van der Waals surface area contributed by atoms with Crippen molar-refractivity contribution in [3.8, 4) is 5.75 Å². The number of halogens is 1. The molecule has 3 aromatic carbocycles. The summed E-state index contributed by atoms with van der Waals surface area (Å²) in [4.78, 5) is 36.3. The zero-order valence-corrected chi connectivity index (χ0v) is 19.7. The highest BCUT2D eigenvalue weighted by Gasteiger charge is 2.12. The van der Waals surface area contributed by atoms with Crippen molar-refractivity contribution in [2.45, 2.75) is 20.3 Å². The molecule has 0 spiro atoms. The van der Waals surface area contributed by atoms with E-state index in [4.69, 9.17) is 4.74 Å². The summed E-state index contributed by atoms with van der Waals surface area (Å²) in [5.41, 5.74) is 5.40. The Kier molecular flexibility index (Phi) is 8.10. The third-order valence-electron chi connectivity index (χ3n) is 4.58. The van der Waals surface area contributed by atoms with Crippen LogP contribution in [-0.2, 0) is 4.79 Å². The predicted molar refractivity (Wildman–Crippen MR) is 131 cm³/mol. The molecule has 0 aromatic heterocycles. The SMILES string of the molecule is CCC(=O)Nc1ccc(C(=O)N/N=C\c2cc(Br)ccc2OC(=O)c2ccc(C)cc2)cc1. The average Bonchev–Trinajstić information content (AvgIpc) is 2.81. The van der Waals surface area contributed by atoms with Crippen LogP contribution in [0.3, 0.4) is 0 Å². The van der Waals surface area contributed by atoms with Crippen LogP contribution in [0, 0.1) is 6.92 Å². The average molecular weight is 508 g/mol. The van der Waals surface area contributed by atoms with Crippen molar-refractivity contribution in [1.29, 1.82) is 0 Å². The molecular weight excluding hydrogens is 486 g/mol. The lowest BCUT2D eigenvalue weighted by atomic mass is 10.1. The Morgan fingerprint density at radius 3 is 2.30 bits per heavy atom. The fourth-order valence-electron chi connectivity index (χ4n) is 2.74. The Morgan fingerprint density at radius 2 is 1.64 bits per heavy atom. The maximum absolute atomic E-state index is 12.5. The summed E-state index contributed by atoms with van der Waals surface area (Å²) in [6.45, 7) is 3.70. The molecule has 3 rings (SSSR count). The van der Waals surface area contributed by atoms with Crippen molar-refractivity contribution in [2.75, 3.05) is 5.32 Å². The summed E-state index contributed by atoms with van der Waals surface area (Å²) in [5, 5.41) is 6.71. The second-order valence-corrected chi connectivity index (χ2v) is 8.03. The van der Waals surface area contributed by atoms with Gasteiger partial charge in [-0.3, -0.25) is 9.59 Å². The summed E-state index contributed by atoms with van der Waals surface area (Å²) < 4.78 is 6.28. The molecule has 8 heteroatoms. The maximum atomic E-state index is 12.5. The van der Waals surface area contributed by atoms with E-state index >= 15 is 0 Å². The lowest BCUT2D eigenvalue weighted by molar-refractivity contribution is -0.115. The van der Waals surface area contributed by atoms with E-state index < -0.39 is 11.9 Å². The highest BCUT2D eigenvalue weighted by Crippen LogP contribution is 2.23. The number of benzene rings is 3. The molecule has 0 unspecified atom stereocenters. The molecule has 0 fully saturated rings. The second kappa shape index (κ2) is 11.2. The quantitative estimate of drug-likeness (QED) is 0.201. The molecule has 2 amide bonds. The van der Waals surface area contributed by atoms with E-state index in [-0.39, 0.29) is 5.91 Å². The summed E-state index contributed by atoms with van der Waals surface area (Å²) in [6.07, 6.45) is 1.77. The molecule has 33 heavy (non-hydrogen) atoms. The summed E-state index contributed by atoms with van der Waals surface area (Å²) in [5.74, 6) is -0.721. The number of aryl methyl sites for hydroxylation is 1. The number of nitrogens with one attached hydrogen (secondary N) is 2. The van der Waals surface area contributed by atoms with Gasteiger partial charge in [-0.1, -0.05) is 40.5 Å². The first kappa shape index (κ1) is 23.9. The van der Waals surface area contributed by atoms with Crippen LogP contribution in [0.2, 0.25) is 0 Å². The van der Waals surface area contributed by atoms with Crippen molar-refractivity contribution in [3.05, 3.63) is 93.5 Å².